The summed E-state index contributed by atoms with van der Waals surface area (Å²) in [7, 11) is 1.48. The number of carbonyl (C=O) groups is 1. The van der Waals surface area contributed by atoms with E-state index in [2.05, 4.69) is 20.5 Å². The van der Waals surface area contributed by atoms with Crippen LogP contribution in [0.25, 0.3) is 22.2 Å². The van der Waals surface area contributed by atoms with Gasteiger partial charge in [0.15, 0.2) is 5.82 Å². The summed E-state index contributed by atoms with van der Waals surface area (Å²) >= 11 is 0. The Morgan fingerprint density at radius 3 is 2.49 bits per heavy atom. The molecule has 214 valence electrons. The van der Waals surface area contributed by atoms with Crippen LogP contribution in [-0.4, -0.2) is 51.6 Å². The zero-order valence-corrected chi connectivity index (χ0v) is 23.3. The summed E-state index contributed by atoms with van der Waals surface area (Å²) < 4.78 is 34.8. The van der Waals surface area contributed by atoms with Crippen molar-refractivity contribution < 1.29 is 28.5 Å². The second-order valence-corrected chi connectivity index (χ2v) is 11.1. The zero-order chi connectivity index (χ0) is 29.5. The van der Waals surface area contributed by atoms with Crippen LogP contribution in [0.1, 0.15) is 59.9 Å². The summed E-state index contributed by atoms with van der Waals surface area (Å²) in [5.74, 6) is -1.80. The van der Waals surface area contributed by atoms with Crippen molar-refractivity contribution in [2.24, 2.45) is 5.41 Å². The second kappa shape index (κ2) is 10.8. The van der Waals surface area contributed by atoms with Gasteiger partial charge < -0.3 is 20.3 Å². The standard InChI is InChI=1S/C31H32F2N4O4/c1-17(15-38)23-14-25(35-28(26(23)33)19-5-7-22(32)8-6-19)31(40,30(3)9-10-30)16-34-29(39)21-12-20-11-18(2)36-37-27(20)24(13-21)41-4/h5-8,11-14,17,38,40H,9-10,15-16H2,1-4H3,(H,34,39). The lowest BCUT2D eigenvalue weighted by Gasteiger charge is -2.35. The maximum Gasteiger partial charge on any atom is 0.251 e. The van der Waals surface area contributed by atoms with Crippen molar-refractivity contribution in [3.8, 4) is 17.0 Å². The molecule has 1 fully saturated rings. The number of fused-ring (bicyclic) bond motifs is 1. The number of aliphatic hydroxyl groups is 2. The molecule has 0 saturated heterocycles. The van der Waals surface area contributed by atoms with Gasteiger partial charge in [-0.25, -0.2) is 13.8 Å². The highest BCUT2D eigenvalue weighted by atomic mass is 19.1. The number of aliphatic hydroxyl groups excluding tert-OH is 1. The van der Waals surface area contributed by atoms with Gasteiger partial charge in [-0.05, 0) is 73.9 Å². The molecule has 0 radical (unpaired) electrons. The van der Waals surface area contributed by atoms with Crippen LogP contribution >= 0.6 is 0 Å². The van der Waals surface area contributed by atoms with Crippen molar-refractivity contribution in [1.82, 2.24) is 20.5 Å². The lowest BCUT2D eigenvalue weighted by Crippen LogP contribution is -2.47. The third kappa shape index (κ3) is 5.25. The fourth-order valence-electron chi connectivity index (χ4n) is 5.06. The fourth-order valence-corrected chi connectivity index (χ4v) is 5.06. The number of carbonyl (C=O) groups excluding carboxylic acids is 1. The molecule has 5 rings (SSSR count). The highest BCUT2D eigenvalue weighted by Crippen LogP contribution is 2.58. The first kappa shape index (κ1) is 28.5. The molecular formula is C31H32F2N4O4. The molecule has 2 aromatic carbocycles. The van der Waals surface area contributed by atoms with Crippen LogP contribution in [0.5, 0.6) is 5.75 Å². The van der Waals surface area contributed by atoms with Crippen molar-refractivity contribution >= 4 is 16.8 Å². The number of amides is 1. The average Bonchev–Trinajstić information content (AvgIpc) is 3.73. The van der Waals surface area contributed by atoms with Crippen molar-refractivity contribution in [2.45, 2.75) is 45.1 Å². The van der Waals surface area contributed by atoms with E-state index in [0.29, 0.717) is 46.3 Å². The average molecular weight is 563 g/mol. The first-order chi connectivity index (χ1) is 19.5. The minimum Gasteiger partial charge on any atom is -0.494 e. The van der Waals surface area contributed by atoms with Crippen molar-refractivity contribution in [3.63, 3.8) is 0 Å². The number of methoxy groups -OCH3 is 1. The zero-order valence-electron chi connectivity index (χ0n) is 23.3. The minimum absolute atomic E-state index is 0.0671. The molecule has 2 aromatic heterocycles. The number of benzene rings is 2. The monoisotopic (exact) mass is 562 g/mol. The molecule has 2 unspecified atom stereocenters. The van der Waals surface area contributed by atoms with Gasteiger partial charge in [0.25, 0.3) is 5.91 Å². The van der Waals surface area contributed by atoms with Crippen LogP contribution in [0.15, 0.2) is 48.5 Å². The molecule has 0 bridgehead atoms. The van der Waals surface area contributed by atoms with Crippen LogP contribution in [-0.2, 0) is 5.60 Å². The van der Waals surface area contributed by atoms with Gasteiger partial charge in [-0.3, -0.25) is 4.79 Å². The summed E-state index contributed by atoms with van der Waals surface area (Å²) in [6.45, 7) is 4.81. The topological polar surface area (TPSA) is 117 Å². The number of hydrogen-bond acceptors (Lipinski definition) is 7. The van der Waals surface area contributed by atoms with E-state index in [1.165, 1.54) is 37.4 Å². The van der Waals surface area contributed by atoms with Gasteiger partial charge in [0, 0.05) is 34.5 Å². The van der Waals surface area contributed by atoms with E-state index in [1.807, 2.05) is 6.92 Å². The first-order valence-electron chi connectivity index (χ1n) is 13.4. The molecule has 1 aliphatic rings. The summed E-state index contributed by atoms with van der Waals surface area (Å²) in [6, 6.07) is 11.7. The summed E-state index contributed by atoms with van der Waals surface area (Å²) in [5.41, 5.74) is -0.215. The van der Waals surface area contributed by atoms with E-state index < -0.39 is 34.5 Å². The Labute approximate surface area is 236 Å². The fraction of sp³-hybridized carbons (Fsp3) is 0.355. The molecular weight excluding hydrogens is 530 g/mol. The van der Waals surface area contributed by atoms with Crippen LogP contribution in [0.3, 0.4) is 0 Å². The molecule has 8 nitrogen and oxygen atoms in total. The molecule has 3 N–H and O–H groups in total. The largest absolute Gasteiger partial charge is 0.494 e. The highest BCUT2D eigenvalue weighted by molar-refractivity contribution is 5.99. The quantitative estimate of drug-likeness (QED) is 0.268. The van der Waals surface area contributed by atoms with Crippen molar-refractivity contribution in [2.75, 3.05) is 20.3 Å². The Morgan fingerprint density at radius 1 is 1.15 bits per heavy atom. The Balaban J connectivity index is 1.54. The molecule has 2 atom stereocenters. The first-order valence-corrected chi connectivity index (χ1v) is 13.4. The summed E-state index contributed by atoms with van der Waals surface area (Å²) in [4.78, 5) is 17.9. The molecule has 4 aromatic rings. The van der Waals surface area contributed by atoms with Crippen LogP contribution in [0, 0.1) is 24.0 Å². The molecule has 1 saturated carbocycles. The number of aryl methyl sites for hydroxylation is 1. The molecule has 0 aliphatic heterocycles. The van der Waals surface area contributed by atoms with E-state index in [0.717, 1.165) is 0 Å². The van der Waals surface area contributed by atoms with Gasteiger partial charge in [-0.15, -0.1) is 5.10 Å². The van der Waals surface area contributed by atoms with Gasteiger partial charge in [0.2, 0.25) is 0 Å². The number of pyridine rings is 1. The van der Waals surface area contributed by atoms with E-state index in [4.69, 9.17) is 4.74 Å². The maximum absolute atomic E-state index is 15.7. The third-order valence-electron chi connectivity index (χ3n) is 8.09. The van der Waals surface area contributed by atoms with Gasteiger partial charge in [-0.1, -0.05) is 13.8 Å². The van der Waals surface area contributed by atoms with Crippen LogP contribution in [0.4, 0.5) is 8.78 Å². The normalized spacial score (nSPS) is 16.2. The number of rotatable bonds is 9. The number of aromatic nitrogens is 3. The highest BCUT2D eigenvalue weighted by Gasteiger charge is 2.57. The van der Waals surface area contributed by atoms with Gasteiger partial charge >= 0.3 is 0 Å². The lowest BCUT2D eigenvalue weighted by atomic mass is 9.80. The number of halogens is 2. The molecule has 0 spiro atoms. The van der Waals surface area contributed by atoms with E-state index in [-0.39, 0.29) is 30.1 Å². The number of ether oxygens (including phenoxy) is 1. The second-order valence-electron chi connectivity index (χ2n) is 11.1. The predicted octanol–water partition coefficient (Wildman–Crippen LogP) is 4.80. The van der Waals surface area contributed by atoms with E-state index in [9.17, 15) is 19.4 Å². The Kier molecular flexibility index (Phi) is 7.48. The molecule has 10 heteroatoms. The molecule has 1 amide bonds. The van der Waals surface area contributed by atoms with E-state index in [1.54, 1.807) is 32.0 Å². The van der Waals surface area contributed by atoms with Gasteiger partial charge in [0.05, 0.1) is 25.0 Å². The Hall–Kier alpha value is -4.02. The van der Waals surface area contributed by atoms with Crippen LogP contribution < -0.4 is 10.1 Å². The maximum atomic E-state index is 15.7. The van der Waals surface area contributed by atoms with Crippen LogP contribution in [0.2, 0.25) is 0 Å². The molecule has 1 aliphatic carbocycles. The Bertz CT molecular complexity index is 1630. The number of hydrogen-bond donors (Lipinski definition) is 3. The predicted molar refractivity (Wildman–Crippen MR) is 149 cm³/mol. The summed E-state index contributed by atoms with van der Waals surface area (Å²) in [6.07, 6.45) is 1.33. The lowest BCUT2D eigenvalue weighted by molar-refractivity contribution is -0.0325. The molecule has 41 heavy (non-hydrogen) atoms. The SMILES string of the molecule is COc1cc(C(=O)NCC(O)(c2cc(C(C)CO)c(F)c(-c3ccc(F)cc3)n2)C2(C)CC2)cc2cc(C)nnc12. The van der Waals surface area contributed by atoms with Crippen molar-refractivity contribution in [1.29, 1.82) is 0 Å². The number of nitrogens with zero attached hydrogens (tertiary/aromatic N) is 3. The minimum atomic E-state index is -1.67. The van der Waals surface area contributed by atoms with Gasteiger partial charge in [-0.2, -0.15) is 5.10 Å². The molecule has 2 heterocycles. The Morgan fingerprint density at radius 2 is 1.85 bits per heavy atom. The number of nitrogens with one attached hydrogen (secondary N) is 1. The smallest absolute Gasteiger partial charge is 0.251 e. The van der Waals surface area contributed by atoms with Gasteiger partial charge in [0.1, 0.15) is 28.4 Å². The summed E-state index contributed by atoms with van der Waals surface area (Å²) in [5, 5.41) is 33.8. The third-order valence-corrected chi connectivity index (χ3v) is 8.09. The van der Waals surface area contributed by atoms with Crippen molar-refractivity contribution in [3.05, 3.63) is 82.7 Å². The van der Waals surface area contributed by atoms with E-state index >= 15 is 4.39 Å².